The van der Waals surface area contributed by atoms with Crippen molar-refractivity contribution in [3.8, 4) is 5.75 Å². The highest BCUT2D eigenvalue weighted by Crippen LogP contribution is 2.38. The van der Waals surface area contributed by atoms with Crippen molar-refractivity contribution in [3.63, 3.8) is 0 Å². The lowest BCUT2D eigenvalue weighted by molar-refractivity contribution is 0.295. The van der Waals surface area contributed by atoms with Crippen LogP contribution in [0.15, 0.2) is 29.2 Å². The Kier molecular flexibility index (Phi) is 6.91. The average Bonchev–Trinajstić information content (AvgIpc) is 2.53. The first-order valence-corrected chi connectivity index (χ1v) is 9.18. The highest BCUT2D eigenvalue weighted by atomic mass is 32.2. The maximum Gasteiger partial charge on any atom is 0.119 e. The van der Waals surface area contributed by atoms with Crippen LogP contribution in [0.1, 0.15) is 46.0 Å². The maximum absolute atomic E-state index is 5.35. The minimum absolute atomic E-state index is 0.656. The van der Waals surface area contributed by atoms with Gasteiger partial charge in [-0.2, -0.15) is 0 Å². The van der Waals surface area contributed by atoms with Crippen molar-refractivity contribution in [1.29, 1.82) is 0 Å². The smallest absolute Gasteiger partial charge is 0.119 e. The summed E-state index contributed by atoms with van der Waals surface area (Å²) in [5.41, 5.74) is 0. The first-order valence-electron chi connectivity index (χ1n) is 8.30. The molecule has 2 rings (SSSR count). The van der Waals surface area contributed by atoms with E-state index in [1.165, 1.54) is 37.0 Å². The summed E-state index contributed by atoms with van der Waals surface area (Å²) < 4.78 is 5.35. The lowest BCUT2D eigenvalue weighted by Gasteiger charge is -2.36. The summed E-state index contributed by atoms with van der Waals surface area (Å²) in [5.74, 6) is 1.86. The summed E-state index contributed by atoms with van der Waals surface area (Å²) in [5, 5.41) is 4.45. The van der Waals surface area contributed by atoms with Gasteiger partial charge in [-0.25, -0.2) is 0 Å². The number of methoxy groups -OCH3 is 1. The van der Waals surface area contributed by atoms with E-state index in [1.807, 2.05) is 17.8 Å². The first kappa shape index (κ1) is 16.7. The van der Waals surface area contributed by atoms with Crippen LogP contribution in [0, 0.1) is 5.92 Å². The largest absolute Gasteiger partial charge is 0.497 e. The van der Waals surface area contributed by atoms with Crippen LogP contribution in [0.3, 0.4) is 0 Å². The fourth-order valence-electron chi connectivity index (χ4n) is 3.13. The molecular formula is C18H29NOS. The second-order valence-electron chi connectivity index (χ2n) is 5.98. The number of benzene rings is 1. The van der Waals surface area contributed by atoms with Crippen molar-refractivity contribution in [2.75, 3.05) is 13.7 Å². The average molecular weight is 308 g/mol. The summed E-state index contributed by atoms with van der Waals surface area (Å²) >= 11 is 2.03. The summed E-state index contributed by atoms with van der Waals surface area (Å²) in [4.78, 5) is 1.33. The molecular weight excluding hydrogens is 278 g/mol. The van der Waals surface area contributed by atoms with Gasteiger partial charge in [0, 0.05) is 16.2 Å². The van der Waals surface area contributed by atoms with E-state index in [9.17, 15) is 0 Å². The van der Waals surface area contributed by atoms with Gasteiger partial charge < -0.3 is 10.1 Å². The van der Waals surface area contributed by atoms with Crippen LogP contribution in [-0.4, -0.2) is 24.9 Å². The second kappa shape index (κ2) is 8.70. The summed E-state index contributed by atoms with van der Waals surface area (Å²) in [6, 6.07) is 9.14. The van der Waals surface area contributed by atoms with E-state index < -0.39 is 0 Å². The van der Waals surface area contributed by atoms with Gasteiger partial charge in [-0.15, -0.1) is 11.8 Å². The topological polar surface area (TPSA) is 21.3 Å². The van der Waals surface area contributed by atoms with Crippen LogP contribution in [0.25, 0.3) is 0 Å². The molecule has 1 aromatic rings. The molecule has 1 N–H and O–H groups in total. The molecule has 0 aliphatic heterocycles. The molecule has 1 fully saturated rings. The molecule has 0 heterocycles. The Morgan fingerprint density at radius 3 is 2.86 bits per heavy atom. The Morgan fingerprint density at radius 2 is 2.14 bits per heavy atom. The van der Waals surface area contributed by atoms with E-state index in [2.05, 4.69) is 37.4 Å². The van der Waals surface area contributed by atoms with Crippen molar-refractivity contribution >= 4 is 11.8 Å². The van der Waals surface area contributed by atoms with Crippen molar-refractivity contribution in [2.24, 2.45) is 5.92 Å². The highest BCUT2D eigenvalue weighted by molar-refractivity contribution is 8.00. The minimum atomic E-state index is 0.656. The zero-order valence-corrected chi connectivity index (χ0v) is 14.4. The quantitative estimate of drug-likeness (QED) is 0.786. The van der Waals surface area contributed by atoms with Crippen LogP contribution >= 0.6 is 11.8 Å². The van der Waals surface area contributed by atoms with Gasteiger partial charge in [-0.1, -0.05) is 26.3 Å². The fraction of sp³-hybridized carbons (Fsp3) is 0.667. The van der Waals surface area contributed by atoms with Gasteiger partial charge in [0.25, 0.3) is 0 Å². The van der Waals surface area contributed by atoms with E-state index in [4.69, 9.17) is 4.74 Å². The normalized spacial score (nSPS) is 25.8. The molecule has 1 aliphatic rings. The van der Waals surface area contributed by atoms with Crippen molar-refractivity contribution in [1.82, 2.24) is 5.32 Å². The van der Waals surface area contributed by atoms with E-state index >= 15 is 0 Å². The van der Waals surface area contributed by atoms with E-state index in [0.29, 0.717) is 11.3 Å². The fourth-order valence-corrected chi connectivity index (χ4v) is 4.58. The molecule has 0 saturated heterocycles. The SMILES string of the molecule is CCCNC1CCC(CC)CC1Sc1cccc(OC)c1. The van der Waals surface area contributed by atoms with Gasteiger partial charge in [0.05, 0.1) is 7.11 Å². The summed E-state index contributed by atoms with van der Waals surface area (Å²) in [6.07, 6.45) is 6.56. The maximum atomic E-state index is 5.35. The number of ether oxygens (including phenoxy) is 1. The Labute approximate surface area is 134 Å². The number of nitrogens with one attached hydrogen (secondary N) is 1. The molecule has 0 spiro atoms. The number of hydrogen-bond donors (Lipinski definition) is 1. The van der Waals surface area contributed by atoms with Crippen LogP contribution in [0.2, 0.25) is 0 Å². The van der Waals surface area contributed by atoms with E-state index in [0.717, 1.165) is 18.2 Å². The van der Waals surface area contributed by atoms with Crippen molar-refractivity contribution < 1.29 is 4.74 Å². The van der Waals surface area contributed by atoms with Crippen LogP contribution in [0.4, 0.5) is 0 Å². The van der Waals surface area contributed by atoms with Gasteiger partial charge in [0.1, 0.15) is 5.75 Å². The lowest BCUT2D eigenvalue weighted by atomic mass is 9.84. The van der Waals surface area contributed by atoms with E-state index in [1.54, 1.807) is 7.11 Å². The third-order valence-electron chi connectivity index (χ3n) is 4.46. The zero-order chi connectivity index (χ0) is 15.1. The predicted octanol–water partition coefficient (Wildman–Crippen LogP) is 4.73. The third kappa shape index (κ3) is 4.93. The van der Waals surface area contributed by atoms with Crippen LogP contribution in [0.5, 0.6) is 5.75 Å². The third-order valence-corrected chi connectivity index (χ3v) is 5.81. The predicted molar refractivity (Wildman–Crippen MR) is 92.4 cm³/mol. The first-order chi connectivity index (χ1) is 10.3. The monoisotopic (exact) mass is 307 g/mol. The Morgan fingerprint density at radius 1 is 1.29 bits per heavy atom. The van der Waals surface area contributed by atoms with E-state index in [-0.39, 0.29) is 0 Å². The molecule has 3 heteroatoms. The molecule has 0 amide bonds. The Bertz CT molecular complexity index is 423. The van der Waals surface area contributed by atoms with Gasteiger partial charge in [-0.3, -0.25) is 0 Å². The van der Waals surface area contributed by atoms with Crippen molar-refractivity contribution in [3.05, 3.63) is 24.3 Å². The molecule has 0 aromatic heterocycles. The highest BCUT2D eigenvalue weighted by Gasteiger charge is 2.30. The Hall–Kier alpha value is -0.670. The number of thioether (sulfide) groups is 1. The summed E-state index contributed by atoms with van der Waals surface area (Å²) in [7, 11) is 1.74. The lowest BCUT2D eigenvalue weighted by Crippen LogP contribution is -2.42. The molecule has 118 valence electrons. The summed E-state index contributed by atoms with van der Waals surface area (Å²) in [6.45, 7) is 5.71. The molecule has 1 saturated carbocycles. The van der Waals surface area contributed by atoms with Gasteiger partial charge >= 0.3 is 0 Å². The standard InChI is InChI=1S/C18H29NOS/c1-4-11-19-17-10-9-14(5-2)12-18(17)21-16-8-6-7-15(13-16)20-3/h6-8,13-14,17-19H,4-5,9-12H2,1-3H3. The molecule has 21 heavy (non-hydrogen) atoms. The van der Waals surface area contributed by atoms with Crippen molar-refractivity contribution in [2.45, 2.75) is 62.1 Å². The molecule has 2 nitrogen and oxygen atoms in total. The van der Waals surface area contributed by atoms with Crippen LogP contribution < -0.4 is 10.1 Å². The molecule has 0 radical (unpaired) electrons. The van der Waals surface area contributed by atoms with Crippen LogP contribution in [-0.2, 0) is 0 Å². The second-order valence-corrected chi connectivity index (χ2v) is 7.30. The zero-order valence-electron chi connectivity index (χ0n) is 13.6. The minimum Gasteiger partial charge on any atom is -0.497 e. The molecule has 3 atom stereocenters. The number of rotatable bonds is 7. The van der Waals surface area contributed by atoms with Gasteiger partial charge in [0.2, 0.25) is 0 Å². The molecule has 0 bridgehead atoms. The molecule has 1 aromatic carbocycles. The van der Waals surface area contributed by atoms with Gasteiger partial charge in [-0.05, 0) is 56.3 Å². The Balaban J connectivity index is 2.03. The molecule has 3 unspecified atom stereocenters. The molecule has 1 aliphatic carbocycles. The number of hydrogen-bond acceptors (Lipinski definition) is 3. The van der Waals surface area contributed by atoms with Gasteiger partial charge in [0.15, 0.2) is 0 Å².